The summed E-state index contributed by atoms with van der Waals surface area (Å²) >= 11 is 6.13. The second-order valence-corrected chi connectivity index (χ2v) is 8.06. The Bertz CT molecular complexity index is 1350. The van der Waals surface area contributed by atoms with Crippen LogP contribution >= 0.6 is 11.6 Å². The zero-order chi connectivity index (χ0) is 21.0. The second kappa shape index (κ2) is 6.88. The molecule has 4 heterocycles. The fraction of sp³-hybridized carbons (Fsp3) is 0.227. The van der Waals surface area contributed by atoms with Gasteiger partial charge >= 0.3 is 0 Å². The number of hydrogen-bond acceptors (Lipinski definition) is 4. The molecule has 3 aromatic heterocycles. The first-order valence-electron chi connectivity index (χ1n) is 9.64. The minimum atomic E-state index is -0.203. The summed E-state index contributed by atoms with van der Waals surface area (Å²) in [7, 11) is 0. The number of carbonyl (C=O) groups excluding carboxylic acids is 1. The lowest BCUT2D eigenvalue weighted by Gasteiger charge is -2.35. The van der Waals surface area contributed by atoms with Crippen LogP contribution < -0.4 is 5.56 Å². The summed E-state index contributed by atoms with van der Waals surface area (Å²) in [5.41, 5.74) is 3.08. The number of nitrogens with zero attached hydrogens (tertiary/aromatic N) is 4. The number of aromatic nitrogens is 3. The maximum atomic E-state index is 13.3. The van der Waals surface area contributed by atoms with E-state index in [-0.39, 0.29) is 17.5 Å². The summed E-state index contributed by atoms with van der Waals surface area (Å²) in [6, 6.07) is 8.65. The van der Waals surface area contributed by atoms with Gasteiger partial charge in [-0.15, -0.1) is 0 Å². The van der Waals surface area contributed by atoms with Crippen LogP contribution in [0.3, 0.4) is 0 Å². The van der Waals surface area contributed by atoms with Crippen LogP contribution in [0.5, 0.6) is 0 Å². The van der Waals surface area contributed by atoms with Gasteiger partial charge in [-0.25, -0.2) is 4.98 Å². The Kier molecular flexibility index (Phi) is 4.29. The van der Waals surface area contributed by atoms with E-state index in [2.05, 4.69) is 4.98 Å². The molecule has 0 aliphatic carbocycles. The fourth-order valence-electron chi connectivity index (χ4n) is 3.98. The maximum Gasteiger partial charge on any atom is 0.275 e. The number of carbonyl (C=O) groups is 1. The summed E-state index contributed by atoms with van der Waals surface area (Å²) in [4.78, 5) is 32.3. The van der Waals surface area contributed by atoms with E-state index in [0.717, 1.165) is 22.2 Å². The Morgan fingerprint density at radius 3 is 2.83 bits per heavy atom. The molecule has 152 valence electrons. The summed E-state index contributed by atoms with van der Waals surface area (Å²) in [5.74, 6) is -0.185. The zero-order valence-corrected chi connectivity index (χ0v) is 17.3. The Hall–Kier alpha value is -3.32. The number of hydrogen-bond donors (Lipinski definition) is 0. The third-order valence-corrected chi connectivity index (χ3v) is 5.79. The predicted octanol–water partition coefficient (Wildman–Crippen LogP) is 3.79. The lowest BCUT2D eigenvalue weighted by Crippen LogP contribution is -2.49. The number of fused-ring (bicyclic) bond motifs is 2. The third-order valence-electron chi connectivity index (χ3n) is 5.56. The number of imidazole rings is 1. The third kappa shape index (κ3) is 2.93. The smallest absolute Gasteiger partial charge is 0.275 e. The molecule has 1 aromatic carbocycles. The maximum absolute atomic E-state index is 13.3. The first kappa shape index (κ1) is 18.7. The van der Waals surface area contributed by atoms with E-state index in [9.17, 15) is 9.59 Å². The lowest BCUT2D eigenvalue weighted by molar-refractivity contribution is 0.0590. The van der Waals surface area contributed by atoms with Crippen molar-refractivity contribution in [2.24, 2.45) is 0 Å². The highest BCUT2D eigenvalue weighted by Crippen LogP contribution is 2.28. The minimum absolute atomic E-state index is 0.161. The number of halogens is 1. The van der Waals surface area contributed by atoms with Crippen LogP contribution in [-0.4, -0.2) is 31.0 Å². The van der Waals surface area contributed by atoms with E-state index >= 15 is 0 Å². The van der Waals surface area contributed by atoms with Gasteiger partial charge in [0.2, 0.25) is 0 Å². The van der Waals surface area contributed by atoms with E-state index in [4.69, 9.17) is 16.0 Å². The van der Waals surface area contributed by atoms with E-state index in [1.54, 1.807) is 51.0 Å². The molecule has 1 aliphatic rings. The first-order valence-corrected chi connectivity index (χ1v) is 10.0. The van der Waals surface area contributed by atoms with Crippen molar-refractivity contribution in [1.82, 2.24) is 19.0 Å². The van der Waals surface area contributed by atoms with Crippen LogP contribution in [0.25, 0.3) is 16.7 Å². The van der Waals surface area contributed by atoms with Gasteiger partial charge in [-0.3, -0.25) is 9.59 Å². The van der Waals surface area contributed by atoms with Gasteiger partial charge in [0.05, 0.1) is 24.8 Å². The van der Waals surface area contributed by atoms with Crippen molar-refractivity contribution in [3.05, 3.63) is 81.4 Å². The van der Waals surface area contributed by atoms with Gasteiger partial charge in [0.15, 0.2) is 0 Å². The molecule has 4 aromatic rings. The Morgan fingerprint density at radius 1 is 1.23 bits per heavy atom. The highest BCUT2D eigenvalue weighted by molar-refractivity contribution is 6.31. The number of aryl methyl sites for hydroxylation is 1. The van der Waals surface area contributed by atoms with Gasteiger partial charge in [-0.1, -0.05) is 11.6 Å². The molecule has 30 heavy (non-hydrogen) atoms. The molecule has 0 unspecified atom stereocenters. The number of furan rings is 1. The van der Waals surface area contributed by atoms with E-state index < -0.39 is 0 Å². The molecule has 5 rings (SSSR count). The zero-order valence-electron chi connectivity index (χ0n) is 16.5. The van der Waals surface area contributed by atoms with Crippen molar-refractivity contribution in [3.8, 4) is 5.69 Å². The summed E-state index contributed by atoms with van der Waals surface area (Å²) in [5, 5.41) is 1.50. The van der Waals surface area contributed by atoms with Crippen molar-refractivity contribution in [1.29, 1.82) is 0 Å². The largest absolute Gasteiger partial charge is 0.464 e. The molecule has 8 heteroatoms. The second-order valence-electron chi connectivity index (χ2n) is 7.63. The molecule has 0 saturated carbocycles. The quantitative estimate of drug-likeness (QED) is 0.503. The van der Waals surface area contributed by atoms with Crippen molar-refractivity contribution >= 4 is 28.5 Å². The monoisotopic (exact) mass is 422 g/mol. The fourth-order valence-corrected chi connectivity index (χ4v) is 4.15. The summed E-state index contributed by atoms with van der Waals surface area (Å²) in [6.07, 6.45) is 5.06. The van der Waals surface area contributed by atoms with Crippen molar-refractivity contribution < 1.29 is 9.21 Å². The average molecular weight is 423 g/mol. The molecule has 1 atom stereocenters. The molecule has 0 spiro atoms. The molecule has 7 nitrogen and oxygen atoms in total. The lowest BCUT2D eigenvalue weighted by atomic mass is 10.1. The van der Waals surface area contributed by atoms with Crippen LogP contribution in [0, 0.1) is 6.92 Å². The normalized spacial score (nSPS) is 16.3. The Labute approximate surface area is 177 Å². The van der Waals surface area contributed by atoms with Gasteiger partial charge in [0.1, 0.15) is 17.0 Å². The summed E-state index contributed by atoms with van der Waals surface area (Å²) < 4.78 is 8.85. The molecular formula is C22H19ClN4O3. The first-order chi connectivity index (χ1) is 14.4. The van der Waals surface area contributed by atoms with E-state index in [1.165, 1.54) is 0 Å². The molecule has 0 N–H and O–H groups in total. The highest BCUT2D eigenvalue weighted by Gasteiger charge is 2.31. The predicted molar refractivity (Wildman–Crippen MR) is 113 cm³/mol. The van der Waals surface area contributed by atoms with Crippen molar-refractivity contribution in [2.45, 2.75) is 33.0 Å². The molecule has 0 bridgehead atoms. The van der Waals surface area contributed by atoms with Crippen molar-refractivity contribution in [2.75, 3.05) is 0 Å². The van der Waals surface area contributed by atoms with Gasteiger partial charge < -0.3 is 18.5 Å². The molecule has 1 amide bonds. The molecular weight excluding hydrogens is 404 g/mol. The molecule has 0 fully saturated rings. The molecule has 1 aliphatic heterocycles. The highest BCUT2D eigenvalue weighted by atomic mass is 35.5. The van der Waals surface area contributed by atoms with Crippen LogP contribution in [0.15, 0.2) is 58.3 Å². The minimum Gasteiger partial charge on any atom is -0.464 e. The number of benzene rings is 1. The van der Waals surface area contributed by atoms with Crippen LogP contribution in [0.1, 0.15) is 28.7 Å². The number of rotatable bonds is 3. The Balaban J connectivity index is 1.51. The van der Waals surface area contributed by atoms with Gasteiger partial charge in [0.25, 0.3) is 11.5 Å². The SMILES string of the molecule is Cc1cn(-c2ccc3n(c2=O)C[C@@H](C)N(Cc2coc4ccc(Cl)cc24)C3=O)cn1. The number of amides is 1. The summed E-state index contributed by atoms with van der Waals surface area (Å²) in [6.45, 7) is 4.60. The van der Waals surface area contributed by atoms with E-state index in [0.29, 0.717) is 29.5 Å². The average Bonchev–Trinajstić information content (AvgIpc) is 3.32. The standard InChI is InChI=1S/C22H19ClN4O3/c1-13-8-25(12-24-13)18-4-5-19-22(29)26(14(2)9-27(19)21(18)28)10-15-11-30-20-6-3-16(23)7-17(15)20/h3-8,11-12,14H,9-10H2,1-2H3/t14-/m1/s1. The molecule has 0 radical (unpaired) electrons. The van der Waals surface area contributed by atoms with Gasteiger partial charge in [-0.05, 0) is 44.2 Å². The topological polar surface area (TPSA) is 73.3 Å². The number of pyridine rings is 1. The van der Waals surface area contributed by atoms with Crippen LogP contribution in [-0.2, 0) is 13.1 Å². The van der Waals surface area contributed by atoms with Gasteiger partial charge in [-0.2, -0.15) is 0 Å². The van der Waals surface area contributed by atoms with Gasteiger partial charge in [0, 0.05) is 34.8 Å². The van der Waals surface area contributed by atoms with Crippen molar-refractivity contribution in [3.63, 3.8) is 0 Å². The van der Waals surface area contributed by atoms with E-state index in [1.807, 2.05) is 26.0 Å². The molecule has 0 saturated heterocycles. The van der Waals surface area contributed by atoms with Crippen LogP contribution in [0.2, 0.25) is 5.02 Å². The Morgan fingerprint density at radius 2 is 2.07 bits per heavy atom. The van der Waals surface area contributed by atoms with Crippen LogP contribution in [0.4, 0.5) is 0 Å².